The summed E-state index contributed by atoms with van der Waals surface area (Å²) >= 11 is 0. The van der Waals surface area contributed by atoms with Gasteiger partial charge in [0.1, 0.15) is 6.29 Å². The van der Waals surface area contributed by atoms with Gasteiger partial charge in [-0.2, -0.15) is 0 Å². The van der Waals surface area contributed by atoms with Gasteiger partial charge in [0.05, 0.1) is 0 Å². The Bertz CT molecular complexity index is 214. The van der Waals surface area contributed by atoms with Gasteiger partial charge in [0.2, 0.25) is 0 Å². The van der Waals surface area contributed by atoms with E-state index in [1.54, 1.807) is 0 Å². The van der Waals surface area contributed by atoms with E-state index in [0.717, 1.165) is 38.4 Å². The van der Waals surface area contributed by atoms with Crippen molar-refractivity contribution in [3.8, 4) is 0 Å². The Morgan fingerprint density at radius 3 is 1.42 bits per heavy atom. The van der Waals surface area contributed by atoms with Crippen molar-refractivity contribution < 1.29 is 14.7 Å². The minimum atomic E-state index is -0.923. The summed E-state index contributed by atoms with van der Waals surface area (Å²) in [4.78, 5) is 20.3. The highest BCUT2D eigenvalue weighted by molar-refractivity contribution is 5.64. The summed E-state index contributed by atoms with van der Waals surface area (Å²) in [5, 5.41) is 10.2. The second-order valence-electron chi connectivity index (χ2n) is 5.32. The van der Waals surface area contributed by atoms with E-state index in [4.69, 9.17) is 0 Å². The van der Waals surface area contributed by atoms with Crippen LogP contribution < -0.4 is 5.11 Å². The molecule has 0 aliphatic carbocycles. The summed E-state index contributed by atoms with van der Waals surface area (Å²) < 4.78 is 0. The van der Waals surface area contributed by atoms with Crippen molar-refractivity contribution in [2.24, 2.45) is 0 Å². The van der Waals surface area contributed by atoms with Crippen LogP contribution in [-0.4, -0.2) is 12.3 Å². The summed E-state index contributed by atoms with van der Waals surface area (Å²) in [6, 6.07) is 0. The highest BCUT2D eigenvalue weighted by atomic mass is 16.4. The molecule has 0 bridgehead atoms. The van der Waals surface area contributed by atoms with Gasteiger partial charge in [-0.05, 0) is 19.3 Å². The van der Waals surface area contributed by atoms with E-state index in [2.05, 4.69) is 0 Å². The molecule has 0 radical (unpaired) electrons. The zero-order valence-corrected chi connectivity index (χ0v) is 12.2. The summed E-state index contributed by atoms with van der Waals surface area (Å²) in [5.74, 6) is -0.923. The molecule has 0 aromatic heterocycles. The number of unbranched alkanes of at least 4 members (excludes halogenated alkanes) is 12. The van der Waals surface area contributed by atoms with Crippen LogP contribution in [-0.2, 0) is 9.59 Å². The van der Waals surface area contributed by atoms with E-state index >= 15 is 0 Å². The van der Waals surface area contributed by atoms with Crippen LogP contribution in [0.4, 0.5) is 0 Å². The van der Waals surface area contributed by atoms with Gasteiger partial charge in [-0.15, -0.1) is 0 Å². The van der Waals surface area contributed by atoms with Gasteiger partial charge in [-0.1, -0.05) is 64.2 Å². The van der Waals surface area contributed by atoms with Crippen molar-refractivity contribution in [1.82, 2.24) is 0 Å². The van der Waals surface area contributed by atoms with Gasteiger partial charge >= 0.3 is 0 Å². The molecule has 0 aromatic carbocycles. The maximum absolute atomic E-state index is 10.2. The van der Waals surface area contributed by atoms with Gasteiger partial charge in [0.25, 0.3) is 0 Å². The fourth-order valence-electron chi connectivity index (χ4n) is 2.26. The topological polar surface area (TPSA) is 57.2 Å². The molecule has 0 aliphatic rings. The summed E-state index contributed by atoms with van der Waals surface area (Å²) in [6.07, 6.45) is 16.1. The maximum atomic E-state index is 10.2. The standard InChI is InChI=1S/C16H30O3/c17-15-13-11-9-7-5-3-1-2-4-6-8-10-12-14-16(18)19/h15H,1-14H2,(H,18,19)/p-1. The molecule has 0 N–H and O–H groups in total. The van der Waals surface area contributed by atoms with Crippen LogP contribution in [0, 0.1) is 0 Å². The molecule has 0 rings (SSSR count). The predicted molar refractivity (Wildman–Crippen MR) is 75.7 cm³/mol. The third-order valence-electron chi connectivity index (χ3n) is 3.45. The summed E-state index contributed by atoms with van der Waals surface area (Å²) in [5.41, 5.74) is 0. The Morgan fingerprint density at radius 2 is 1.05 bits per heavy atom. The lowest BCUT2D eigenvalue weighted by Gasteiger charge is -2.03. The monoisotopic (exact) mass is 269 g/mol. The fraction of sp³-hybridized carbons (Fsp3) is 0.875. The first-order valence-electron chi connectivity index (χ1n) is 7.91. The lowest BCUT2D eigenvalue weighted by atomic mass is 10.0. The van der Waals surface area contributed by atoms with Crippen molar-refractivity contribution in [2.75, 3.05) is 0 Å². The smallest absolute Gasteiger partial charge is 0.119 e. The van der Waals surface area contributed by atoms with Crippen molar-refractivity contribution >= 4 is 12.3 Å². The second kappa shape index (κ2) is 15.2. The highest BCUT2D eigenvalue weighted by Crippen LogP contribution is 2.12. The molecule has 112 valence electrons. The molecule has 0 aromatic rings. The number of hydrogen-bond donors (Lipinski definition) is 0. The largest absolute Gasteiger partial charge is 0.550 e. The highest BCUT2D eigenvalue weighted by Gasteiger charge is 1.94. The molecular formula is C16H29O3-. The average Bonchev–Trinajstić information content (AvgIpc) is 2.39. The van der Waals surface area contributed by atoms with Gasteiger partial charge in [0.15, 0.2) is 0 Å². The van der Waals surface area contributed by atoms with Gasteiger partial charge < -0.3 is 14.7 Å². The summed E-state index contributed by atoms with van der Waals surface area (Å²) in [7, 11) is 0. The van der Waals surface area contributed by atoms with Crippen LogP contribution in [0.1, 0.15) is 89.9 Å². The molecule has 3 heteroatoms. The van der Waals surface area contributed by atoms with Gasteiger partial charge in [-0.3, -0.25) is 0 Å². The zero-order chi connectivity index (χ0) is 14.2. The molecule has 0 atom stereocenters. The first kappa shape index (κ1) is 18.1. The number of rotatable bonds is 15. The molecule has 3 nitrogen and oxygen atoms in total. The first-order chi connectivity index (χ1) is 9.27. The molecule has 19 heavy (non-hydrogen) atoms. The van der Waals surface area contributed by atoms with Crippen LogP contribution in [0.25, 0.3) is 0 Å². The van der Waals surface area contributed by atoms with E-state index in [0.29, 0.717) is 0 Å². The van der Waals surface area contributed by atoms with Crippen LogP contribution in [0.5, 0.6) is 0 Å². The van der Waals surface area contributed by atoms with Crippen LogP contribution in [0.15, 0.2) is 0 Å². The average molecular weight is 269 g/mol. The molecule has 0 spiro atoms. The molecule has 0 amide bonds. The number of carboxylic acids is 1. The van der Waals surface area contributed by atoms with E-state index in [-0.39, 0.29) is 6.42 Å². The molecule has 0 unspecified atom stereocenters. The molecule has 0 fully saturated rings. The molecule has 0 heterocycles. The number of carbonyl (C=O) groups is 2. The third-order valence-corrected chi connectivity index (χ3v) is 3.45. The first-order valence-corrected chi connectivity index (χ1v) is 7.91. The Labute approximate surface area is 117 Å². The van der Waals surface area contributed by atoms with Crippen molar-refractivity contribution in [1.29, 1.82) is 0 Å². The number of carbonyl (C=O) groups excluding carboxylic acids is 2. The summed E-state index contributed by atoms with van der Waals surface area (Å²) in [6.45, 7) is 0. The van der Waals surface area contributed by atoms with Gasteiger partial charge in [0, 0.05) is 12.4 Å². The van der Waals surface area contributed by atoms with Crippen LogP contribution >= 0.6 is 0 Å². The second-order valence-corrected chi connectivity index (χ2v) is 5.32. The number of aliphatic carboxylic acids is 1. The minimum Gasteiger partial charge on any atom is -0.550 e. The quantitative estimate of drug-likeness (QED) is 0.338. The number of carboxylic acid groups (broad SMARTS) is 1. The van der Waals surface area contributed by atoms with E-state index < -0.39 is 5.97 Å². The Hall–Kier alpha value is -0.860. The van der Waals surface area contributed by atoms with E-state index in [1.165, 1.54) is 51.4 Å². The lowest BCUT2D eigenvalue weighted by Crippen LogP contribution is -2.21. The fourth-order valence-corrected chi connectivity index (χ4v) is 2.26. The minimum absolute atomic E-state index is 0.212. The Kier molecular flexibility index (Phi) is 14.5. The maximum Gasteiger partial charge on any atom is 0.119 e. The van der Waals surface area contributed by atoms with Crippen molar-refractivity contribution in [3.63, 3.8) is 0 Å². The van der Waals surface area contributed by atoms with E-state index in [9.17, 15) is 14.7 Å². The Morgan fingerprint density at radius 1 is 0.684 bits per heavy atom. The normalized spacial score (nSPS) is 10.5. The molecule has 0 saturated carbocycles. The van der Waals surface area contributed by atoms with E-state index in [1.807, 2.05) is 0 Å². The predicted octanol–water partition coefficient (Wildman–Crippen LogP) is 3.40. The molecule has 0 aliphatic heterocycles. The molecular weight excluding hydrogens is 240 g/mol. The Balaban J connectivity index is 2.95. The van der Waals surface area contributed by atoms with Crippen molar-refractivity contribution in [3.05, 3.63) is 0 Å². The van der Waals surface area contributed by atoms with Crippen LogP contribution in [0.3, 0.4) is 0 Å². The molecule has 0 saturated heterocycles. The zero-order valence-electron chi connectivity index (χ0n) is 12.2. The number of aldehydes is 1. The third kappa shape index (κ3) is 17.1. The van der Waals surface area contributed by atoms with Gasteiger partial charge in [-0.25, -0.2) is 0 Å². The lowest BCUT2D eigenvalue weighted by molar-refractivity contribution is -0.305. The van der Waals surface area contributed by atoms with Crippen LogP contribution in [0.2, 0.25) is 0 Å². The van der Waals surface area contributed by atoms with Crippen molar-refractivity contribution in [2.45, 2.75) is 89.9 Å². The SMILES string of the molecule is O=CCCCCCCCCCCCCCCC(=O)[O-]. The number of hydrogen-bond acceptors (Lipinski definition) is 3.